The van der Waals surface area contributed by atoms with Crippen LogP contribution >= 0.6 is 0 Å². The molecule has 5 nitrogen and oxygen atoms in total. The van der Waals surface area contributed by atoms with Crippen LogP contribution in [0.2, 0.25) is 0 Å². The number of aliphatic hydroxyl groups is 1. The first kappa shape index (κ1) is 35.5. The number of ether oxygens (including phenoxy) is 2. The first-order valence-corrected chi connectivity index (χ1v) is 15.4. The van der Waals surface area contributed by atoms with Gasteiger partial charge in [0, 0.05) is 18.7 Å². The Balaban J connectivity index is 1.63. The van der Waals surface area contributed by atoms with Gasteiger partial charge in [0.2, 0.25) is 0 Å². The molecule has 2 aromatic carbocycles. The minimum absolute atomic E-state index is 0.209. The summed E-state index contributed by atoms with van der Waals surface area (Å²) in [5.41, 5.74) is -5.06. The van der Waals surface area contributed by atoms with Gasteiger partial charge in [-0.05, 0) is 80.0 Å². The SMILES string of the molecule is CCCCOc1ccc(C2(C)CN(CCCCOc3c(CCC)cc(C(O)(C(F)(F)F)C(F)(F)F)cc3CCC)C=N2)cc1. The Morgan fingerprint density at radius 2 is 1.39 bits per heavy atom. The molecule has 11 heteroatoms. The van der Waals surface area contributed by atoms with Crippen molar-refractivity contribution in [1.29, 1.82) is 0 Å². The highest BCUT2D eigenvalue weighted by Gasteiger charge is 2.71. The van der Waals surface area contributed by atoms with Gasteiger partial charge in [-0.2, -0.15) is 26.3 Å². The molecule has 1 heterocycles. The molecule has 0 spiro atoms. The lowest BCUT2D eigenvalue weighted by Crippen LogP contribution is -2.54. The topological polar surface area (TPSA) is 54.3 Å². The van der Waals surface area contributed by atoms with E-state index < -0.39 is 23.5 Å². The lowest BCUT2D eigenvalue weighted by Gasteiger charge is -2.33. The molecule has 3 rings (SSSR count). The van der Waals surface area contributed by atoms with Crippen LogP contribution in [0.5, 0.6) is 11.5 Å². The molecule has 1 aliphatic heterocycles. The number of alkyl halides is 6. The quantitative estimate of drug-likeness (QED) is 0.149. The van der Waals surface area contributed by atoms with E-state index in [1.807, 2.05) is 30.6 Å². The van der Waals surface area contributed by atoms with E-state index in [-0.39, 0.29) is 36.1 Å². The monoisotopic (exact) mass is 630 g/mol. The highest BCUT2D eigenvalue weighted by atomic mass is 19.4. The predicted molar refractivity (Wildman–Crippen MR) is 159 cm³/mol. The summed E-state index contributed by atoms with van der Waals surface area (Å²) in [7, 11) is 0. The second-order valence-electron chi connectivity index (χ2n) is 11.6. The molecule has 0 amide bonds. The molecular weight excluding hydrogens is 586 g/mol. The Bertz CT molecular complexity index is 1190. The van der Waals surface area contributed by atoms with Gasteiger partial charge in [-0.15, -0.1) is 0 Å². The average molecular weight is 631 g/mol. The fourth-order valence-electron chi connectivity index (χ4n) is 5.37. The number of rotatable bonds is 16. The number of hydrogen-bond donors (Lipinski definition) is 1. The molecule has 0 radical (unpaired) electrons. The standard InChI is InChI=1S/C33H44F6N2O3/c1-5-8-18-43-28-15-13-26(14-16-28)30(4)22-41(23-40-30)17-9-10-19-44-29-24(11-6-2)20-27(21-25(29)12-7-3)31(42,32(34,35)36)33(37,38)39/h13-16,20-21,23,42H,5-12,17-19,22H2,1-4H3. The van der Waals surface area contributed by atoms with E-state index in [2.05, 4.69) is 18.7 Å². The summed E-state index contributed by atoms with van der Waals surface area (Å²) in [5, 5.41) is 10.0. The Labute approximate surface area is 256 Å². The molecule has 0 saturated carbocycles. The van der Waals surface area contributed by atoms with Crippen LogP contribution in [0.15, 0.2) is 41.4 Å². The molecule has 0 fully saturated rings. The van der Waals surface area contributed by atoms with Crippen molar-refractivity contribution >= 4 is 6.34 Å². The molecule has 1 atom stereocenters. The van der Waals surface area contributed by atoms with Crippen LogP contribution in [-0.2, 0) is 24.0 Å². The van der Waals surface area contributed by atoms with Gasteiger partial charge in [0.05, 0.1) is 19.6 Å². The van der Waals surface area contributed by atoms with Crippen molar-refractivity contribution in [2.45, 2.75) is 103 Å². The van der Waals surface area contributed by atoms with Gasteiger partial charge in [0.15, 0.2) is 0 Å². The number of hydrogen-bond acceptors (Lipinski definition) is 5. The summed E-state index contributed by atoms with van der Waals surface area (Å²) in [6, 6.07) is 9.59. The summed E-state index contributed by atoms with van der Waals surface area (Å²) in [5.74, 6) is 1.14. The van der Waals surface area contributed by atoms with Gasteiger partial charge >= 0.3 is 12.4 Å². The van der Waals surface area contributed by atoms with Gasteiger partial charge in [-0.1, -0.05) is 52.2 Å². The molecule has 0 aliphatic carbocycles. The third-order valence-corrected chi connectivity index (χ3v) is 7.87. The third kappa shape index (κ3) is 8.20. The van der Waals surface area contributed by atoms with Gasteiger partial charge in [-0.3, -0.25) is 4.99 Å². The zero-order valence-corrected chi connectivity index (χ0v) is 26.0. The second-order valence-corrected chi connectivity index (χ2v) is 11.6. The zero-order valence-electron chi connectivity index (χ0n) is 26.0. The molecular formula is C33H44F6N2O3. The largest absolute Gasteiger partial charge is 0.494 e. The van der Waals surface area contributed by atoms with Gasteiger partial charge in [-0.25, -0.2) is 0 Å². The number of aryl methyl sites for hydroxylation is 2. The number of unbranched alkanes of at least 4 members (excludes halogenated alkanes) is 2. The summed E-state index contributed by atoms with van der Waals surface area (Å²) in [4.78, 5) is 6.87. The average Bonchev–Trinajstić information content (AvgIpc) is 3.34. The molecule has 44 heavy (non-hydrogen) atoms. The van der Waals surface area contributed by atoms with E-state index in [0.717, 1.165) is 42.7 Å². The zero-order chi connectivity index (χ0) is 32.6. The molecule has 2 aromatic rings. The molecule has 0 saturated heterocycles. The summed E-state index contributed by atoms with van der Waals surface area (Å²) < 4.78 is 93.6. The van der Waals surface area contributed by atoms with E-state index in [0.29, 0.717) is 44.7 Å². The van der Waals surface area contributed by atoms with Gasteiger partial charge < -0.3 is 19.5 Å². The molecule has 1 unspecified atom stereocenters. The molecule has 1 aliphatic rings. The Hall–Kier alpha value is -2.95. The van der Waals surface area contributed by atoms with Crippen molar-refractivity contribution in [2.24, 2.45) is 4.99 Å². The van der Waals surface area contributed by atoms with Gasteiger partial charge in [0.25, 0.3) is 5.60 Å². The van der Waals surface area contributed by atoms with Crippen LogP contribution in [-0.4, -0.2) is 55.0 Å². The van der Waals surface area contributed by atoms with Crippen LogP contribution in [0.3, 0.4) is 0 Å². The molecule has 0 aromatic heterocycles. The smallest absolute Gasteiger partial charge is 0.430 e. The number of benzene rings is 2. The minimum atomic E-state index is -5.94. The predicted octanol–water partition coefficient (Wildman–Crippen LogP) is 8.50. The normalized spacial score (nSPS) is 17.4. The Morgan fingerprint density at radius 1 is 0.818 bits per heavy atom. The first-order chi connectivity index (χ1) is 20.7. The fraction of sp³-hybridized carbons (Fsp3) is 0.606. The second kappa shape index (κ2) is 14.9. The maximum absolute atomic E-state index is 13.6. The van der Waals surface area contributed by atoms with Crippen molar-refractivity contribution < 1.29 is 40.9 Å². The fourth-order valence-corrected chi connectivity index (χ4v) is 5.37. The van der Waals surface area contributed by atoms with E-state index in [9.17, 15) is 31.4 Å². The van der Waals surface area contributed by atoms with Crippen molar-refractivity contribution in [3.8, 4) is 11.5 Å². The third-order valence-electron chi connectivity index (χ3n) is 7.87. The minimum Gasteiger partial charge on any atom is -0.494 e. The first-order valence-electron chi connectivity index (χ1n) is 15.4. The highest BCUT2D eigenvalue weighted by Crippen LogP contribution is 2.51. The summed E-state index contributed by atoms with van der Waals surface area (Å²) in [6.45, 7) is 10.1. The lowest BCUT2D eigenvalue weighted by molar-refractivity contribution is -0.376. The van der Waals surface area contributed by atoms with Crippen LogP contribution in [0.1, 0.15) is 88.5 Å². The van der Waals surface area contributed by atoms with Crippen LogP contribution < -0.4 is 9.47 Å². The van der Waals surface area contributed by atoms with E-state index in [1.54, 1.807) is 13.8 Å². The van der Waals surface area contributed by atoms with Gasteiger partial charge in [0.1, 0.15) is 17.0 Å². The van der Waals surface area contributed by atoms with Crippen molar-refractivity contribution in [1.82, 2.24) is 4.90 Å². The summed E-state index contributed by atoms with van der Waals surface area (Å²) in [6.07, 6.45) is -5.23. The van der Waals surface area contributed by atoms with Crippen LogP contribution in [0, 0.1) is 0 Å². The lowest BCUT2D eigenvalue weighted by atomic mass is 9.87. The number of aliphatic imine (C=N–C) groups is 1. The number of halogens is 6. The molecule has 1 N–H and O–H groups in total. The van der Waals surface area contributed by atoms with E-state index in [1.165, 1.54) is 0 Å². The van der Waals surface area contributed by atoms with E-state index in [4.69, 9.17) is 14.5 Å². The van der Waals surface area contributed by atoms with Crippen molar-refractivity contribution in [3.63, 3.8) is 0 Å². The Morgan fingerprint density at radius 3 is 1.91 bits per heavy atom. The summed E-state index contributed by atoms with van der Waals surface area (Å²) >= 11 is 0. The van der Waals surface area contributed by atoms with Crippen molar-refractivity contribution in [2.75, 3.05) is 26.3 Å². The number of nitrogens with zero attached hydrogens (tertiary/aromatic N) is 2. The maximum Gasteiger partial charge on any atom is 0.430 e. The molecule has 246 valence electrons. The highest BCUT2D eigenvalue weighted by molar-refractivity contribution is 5.60. The van der Waals surface area contributed by atoms with Crippen LogP contribution in [0.25, 0.3) is 0 Å². The van der Waals surface area contributed by atoms with E-state index >= 15 is 0 Å². The van der Waals surface area contributed by atoms with Crippen molar-refractivity contribution in [3.05, 3.63) is 58.7 Å². The molecule has 0 bridgehead atoms. The maximum atomic E-state index is 13.6. The van der Waals surface area contributed by atoms with Crippen LogP contribution in [0.4, 0.5) is 26.3 Å². The Kier molecular flexibility index (Phi) is 12.0.